The minimum atomic E-state index is -0.499. The Morgan fingerprint density at radius 2 is 1.81 bits per heavy atom. The molecule has 4 aromatic heterocycles. The summed E-state index contributed by atoms with van der Waals surface area (Å²) >= 11 is 0. The molecule has 0 aliphatic rings. The zero-order valence-electron chi connectivity index (χ0n) is 20.3. The number of aromatic nitrogens is 6. The second-order valence-electron chi connectivity index (χ2n) is 8.65. The molecule has 0 spiro atoms. The molecule has 0 saturated heterocycles. The highest BCUT2D eigenvalue weighted by Gasteiger charge is 2.16. The van der Waals surface area contributed by atoms with Gasteiger partial charge in [-0.15, -0.1) is 0 Å². The first kappa shape index (κ1) is 24.0. The van der Waals surface area contributed by atoms with E-state index in [0.29, 0.717) is 28.6 Å². The van der Waals surface area contributed by atoms with E-state index >= 15 is 0 Å². The summed E-state index contributed by atoms with van der Waals surface area (Å²) in [6.07, 6.45) is 4.38. The molecule has 188 valence electrons. The molecule has 4 heterocycles. The number of nitrogens with one attached hydrogen (secondary N) is 1. The Labute approximate surface area is 210 Å². The Morgan fingerprint density at radius 3 is 2.57 bits per heavy atom. The van der Waals surface area contributed by atoms with Gasteiger partial charge in [-0.25, -0.2) is 19.0 Å². The van der Waals surface area contributed by atoms with E-state index in [0.717, 1.165) is 11.3 Å². The molecule has 1 aromatic carbocycles. The topological polar surface area (TPSA) is 117 Å². The molecule has 0 aliphatic carbocycles. The SMILES string of the molecule is CCn1cc(C(=O)NCCn2ncc3c(=O)n(Cc4ccc(F)cc4)cnc32)c(=O)c2ccc(C)nc21. The lowest BCUT2D eigenvalue weighted by Gasteiger charge is -2.12. The highest BCUT2D eigenvalue weighted by Crippen LogP contribution is 2.11. The van der Waals surface area contributed by atoms with Gasteiger partial charge in [0.1, 0.15) is 28.7 Å². The van der Waals surface area contributed by atoms with Gasteiger partial charge >= 0.3 is 0 Å². The first-order valence-corrected chi connectivity index (χ1v) is 11.8. The highest BCUT2D eigenvalue weighted by atomic mass is 19.1. The fourth-order valence-electron chi connectivity index (χ4n) is 4.19. The van der Waals surface area contributed by atoms with Gasteiger partial charge in [-0.2, -0.15) is 5.10 Å². The molecule has 0 bridgehead atoms. The van der Waals surface area contributed by atoms with Crippen molar-refractivity contribution in [3.05, 3.63) is 98.3 Å². The minimum Gasteiger partial charge on any atom is -0.350 e. The number of pyridine rings is 2. The average Bonchev–Trinajstić information content (AvgIpc) is 3.30. The van der Waals surface area contributed by atoms with Gasteiger partial charge in [-0.3, -0.25) is 19.0 Å². The molecular weight excluding hydrogens is 477 g/mol. The normalized spacial score (nSPS) is 11.3. The van der Waals surface area contributed by atoms with Gasteiger partial charge < -0.3 is 9.88 Å². The number of hydrogen-bond donors (Lipinski definition) is 1. The maximum Gasteiger partial charge on any atom is 0.264 e. The van der Waals surface area contributed by atoms with Crippen molar-refractivity contribution in [1.29, 1.82) is 0 Å². The third-order valence-electron chi connectivity index (χ3n) is 6.14. The quantitative estimate of drug-likeness (QED) is 0.366. The van der Waals surface area contributed by atoms with Crippen LogP contribution in [-0.2, 0) is 19.6 Å². The summed E-state index contributed by atoms with van der Waals surface area (Å²) in [5, 5.41) is 7.72. The van der Waals surface area contributed by atoms with Crippen LogP contribution in [0.1, 0.15) is 28.5 Å². The molecule has 37 heavy (non-hydrogen) atoms. The molecule has 11 heteroatoms. The predicted octanol–water partition coefficient (Wildman–Crippen LogP) is 2.25. The van der Waals surface area contributed by atoms with Crippen LogP contribution < -0.4 is 16.3 Å². The average molecular weight is 502 g/mol. The highest BCUT2D eigenvalue weighted by molar-refractivity contribution is 5.96. The minimum absolute atomic E-state index is 0.0344. The third kappa shape index (κ3) is 4.63. The molecule has 0 saturated carbocycles. The Balaban J connectivity index is 1.32. The summed E-state index contributed by atoms with van der Waals surface area (Å²) < 4.78 is 17.9. The number of halogens is 1. The van der Waals surface area contributed by atoms with Crippen LogP contribution in [0.25, 0.3) is 22.1 Å². The first-order chi connectivity index (χ1) is 17.9. The number of aryl methyl sites for hydroxylation is 2. The van der Waals surface area contributed by atoms with E-state index in [1.54, 1.807) is 28.8 Å². The Morgan fingerprint density at radius 1 is 1.03 bits per heavy atom. The van der Waals surface area contributed by atoms with Crippen LogP contribution in [0.5, 0.6) is 0 Å². The second kappa shape index (κ2) is 9.76. The second-order valence-corrected chi connectivity index (χ2v) is 8.65. The molecule has 10 nitrogen and oxygen atoms in total. The maximum atomic E-state index is 13.2. The Hall–Kier alpha value is -4.67. The van der Waals surface area contributed by atoms with Crippen molar-refractivity contribution < 1.29 is 9.18 Å². The van der Waals surface area contributed by atoms with E-state index in [-0.39, 0.29) is 42.0 Å². The largest absolute Gasteiger partial charge is 0.350 e. The monoisotopic (exact) mass is 501 g/mol. The fourth-order valence-corrected chi connectivity index (χ4v) is 4.19. The van der Waals surface area contributed by atoms with Gasteiger partial charge in [-0.05, 0) is 43.7 Å². The van der Waals surface area contributed by atoms with Crippen LogP contribution in [0.3, 0.4) is 0 Å². The number of fused-ring (bicyclic) bond motifs is 2. The molecule has 0 unspecified atom stereocenters. The van der Waals surface area contributed by atoms with Gasteiger partial charge in [0.2, 0.25) is 5.43 Å². The molecule has 5 aromatic rings. The van der Waals surface area contributed by atoms with E-state index in [9.17, 15) is 18.8 Å². The summed E-state index contributed by atoms with van der Waals surface area (Å²) in [5.74, 6) is -0.845. The summed E-state index contributed by atoms with van der Waals surface area (Å²) in [7, 11) is 0. The number of carbonyl (C=O) groups is 1. The lowest BCUT2D eigenvalue weighted by atomic mass is 10.1. The molecule has 1 N–H and O–H groups in total. The smallest absolute Gasteiger partial charge is 0.264 e. The number of benzene rings is 1. The van der Waals surface area contributed by atoms with Crippen LogP contribution in [0.2, 0.25) is 0 Å². The van der Waals surface area contributed by atoms with Crippen molar-refractivity contribution in [3.63, 3.8) is 0 Å². The number of nitrogens with zero attached hydrogens (tertiary/aromatic N) is 6. The molecular formula is C26H24FN7O3. The summed E-state index contributed by atoms with van der Waals surface area (Å²) in [6.45, 7) is 4.99. The van der Waals surface area contributed by atoms with Crippen LogP contribution >= 0.6 is 0 Å². The molecule has 0 radical (unpaired) electrons. The Bertz CT molecular complexity index is 1750. The van der Waals surface area contributed by atoms with Gasteiger partial charge in [0.25, 0.3) is 11.5 Å². The van der Waals surface area contributed by atoms with Crippen molar-refractivity contribution in [2.45, 2.75) is 33.5 Å². The summed E-state index contributed by atoms with van der Waals surface area (Å²) in [6, 6.07) is 9.33. The van der Waals surface area contributed by atoms with E-state index in [1.807, 2.05) is 13.8 Å². The van der Waals surface area contributed by atoms with Crippen LogP contribution in [0.15, 0.2) is 64.7 Å². The lowest BCUT2D eigenvalue weighted by Crippen LogP contribution is -2.32. The van der Waals surface area contributed by atoms with E-state index in [1.165, 1.54) is 40.1 Å². The summed E-state index contributed by atoms with van der Waals surface area (Å²) in [5.41, 5.74) is 1.86. The number of hydrogen-bond acceptors (Lipinski definition) is 6. The zero-order valence-corrected chi connectivity index (χ0v) is 20.3. The van der Waals surface area contributed by atoms with Crippen LogP contribution in [0.4, 0.5) is 4.39 Å². The summed E-state index contributed by atoms with van der Waals surface area (Å²) in [4.78, 5) is 47.5. The van der Waals surface area contributed by atoms with Crippen LogP contribution in [0, 0.1) is 12.7 Å². The molecule has 1 amide bonds. The van der Waals surface area contributed by atoms with Crippen molar-refractivity contribution >= 4 is 28.0 Å². The molecule has 5 rings (SSSR count). The standard InChI is InChI=1S/C26H24FN7O3/c1-3-32-14-21(22(35)19-9-4-16(2)31-24(19)32)25(36)28-10-11-34-23-20(12-30-34)26(37)33(15-29-23)13-17-5-7-18(27)8-6-17/h4-9,12,14-15H,3,10-11,13H2,1-2H3,(H,28,36). The van der Waals surface area contributed by atoms with Crippen LogP contribution in [-0.4, -0.2) is 41.3 Å². The lowest BCUT2D eigenvalue weighted by molar-refractivity contribution is 0.0950. The van der Waals surface area contributed by atoms with Gasteiger partial charge in [-0.1, -0.05) is 12.1 Å². The van der Waals surface area contributed by atoms with Crippen molar-refractivity contribution in [3.8, 4) is 0 Å². The van der Waals surface area contributed by atoms with Crippen molar-refractivity contribution in [1.82, 2.24) is 34.2 Å². The molecule has 0 aliphatic heterocycles. The van der Waals surface area contributed by atoms with E-state index in [4.69, 9.17) is 0 Å². The Kier molecular flexibility index (Phi) is 6.34. The number of amides is 1. The van der Waals surface area contributed by atoms with E-state index in [2.05, 4.69) is 20.4 Å². The number of rotatable bonds is 7. The molecule has 0 fully saturated rings. The predicted molar refractivity (Wildman–Crippen MR) is 136 cm³/mol. The zero-order chi connectivity index (χ0) is 26.1. The first-order valence-electron chi connectivity index (χ1n) is 11.8. The van der Waals surface area contributed by atoms with Gasteiger partial charge in [0, 0.05) is 25.0 Å². The van der Waals surface area contributed by atoms with Gasteiger partial charge in [0.05, 0.1) is 24.7 Å². The van der Waals surface area contributed by atoms with Crippen molar-refractivity contribution in [2.24, 2.45) is 0 Å². The van der Waals surface area contributed by atoms with Gasteiger partial charge in [0.15, 0.2) is 5.65 Å². The maximum absolute atomic E-state index is 13.2. The van der Waals surface area contributed by atoms with E-state index < -0.39 is 5.91 Å². The third-order valence-corrected chi connectivity index (χ3v) is 6.14. The molecule has 0 atom stereocenters. The number of carbonyl (C=O) groups excluding carboxylic acids is 1. The fraction of sp³-hybridized carbons (Fsp3) is 0.231. The van der Waals surface area contributed by atoms with Crippen molar-refractivity contribution in [2.75, 3.05) is 6.54 Å².